The summed E-state index contributed by atoms with van der Waals surface area (Å²) >= 11 is 11.9. The highest BCUT2D eigenvalue weighted by molar-refractivity contribution is 6.32. The lowest BCUT2D eigenvalue weighted by Gasteiger charge is -2.13. The lowest BCUT2D eigenvalue weighted by atomic mass is 10.1. The quantitative estimate of drug-likeness (QED) is 0.526. The van der Waals surface area contributed by atoms with Crippen LogP contribution in [0.1, 0.15) is 34.1 Å². The number of halogens is 3. The van der Waals surface area contributed by atoms with Gasteiger partial charge in [0, 0.05) is 12.1 Å². The van der Waals surface area contributed by atoms with Gasteiger partial charge in [-0.3, -0.25) is 4.79 Å². The number of carbonyl (C=O) groups excluding carboxylic acids is 1. The molecule has 0 saturated heterocycles. The smallest absolute Gasteiger partial charge is 0.271 e. The van der Waals surface area contributed by atoms with Crippen LogP contribution in [-0.2, 0) is 6.54 Å². The van der Waals surface area contributed by atoms with Crippen molar-refractivity contribution in [2.75, 3.05) is 0 Å². The topological polar surface area (TPSA) is 90.8 Å². The zero-order chi connectivity index (χ0) is 21.8. The molecule has 0 fully saturated rings. The average molecular weight is 445 g/mol. The second kappa shape index (κ2) is 8.99. The minimum atomic E-state index is -0.738. The Kier molecular flexibility index (Phi) is 6.40. The Morgan fingerprint density at radius 2 is 2.13 bits per heavy atom. The summed E-state index contributed by atoms with van der Waals surface area (Å²) in [5, 5.41) is 11.8. The van der Waals surface area contributed by atoms with Gasteiger partial charge in [-0.25, -0.2) is 9.37 Å². The number of hydrogen-bond donors (Lipinski definition) is 2. The molecule has 0 bridgehead atoms. The number of rotatable bonds is 6. The molecule has 6 nitrogen and oxygen atoms in total. The molecule has 0 unspecified atom stereocenters. The number of amides is 1. The van der Waals surface area contributed by atoms with E-state index in [2.05, 4.69) is 21.9 Å². The monoisotopic (exact) mass is 444 g/mol. The van der Waals surface area contributed by atoms with Crippen LogP contribution in [0.5, 0.6) is 11.5 Å². The van der Waals surface area contributed by atoms with Crippen LogP contribution in [0.4, 0.5) is 4.39 Å². The molecule has 2 aromatic carbocycles. The van der Waals surface area contributed by atoms with E-state index in [1.165, 1.54) is 24.5 Å². The van der Waals surface area contributed by atoms with Gasteiger partial charge in [0.1, 0.15) is 11.4 Å². The van der Waals surface area contributed by atoms with Gasteiger partial charge in [0.15, 0.2) is 16.7 Å². The van der Waals surface area contributed by atoms with Crippen molar-refractivity contribution in [2.45, 2.75) is 13.5 Å². The predicted octanol–water partition coefficient (Wildman–Crippen LogP) is 5.48. The number of hydrogen-bond acceptors (Lipinski definition) is 4. The van der Waals surface area contributed by atoms with E-state index in [1.807, 2.05) is 6.07 Å². The molecule has 3 rings (SSSR count). The van der Waals surface area contributed by atoms with Gasteiger partial charge in [-0.2, -0.15) is 5.26 Å². The Hall–Kier alpha value is -3.34. The van der Waals surface area contributed by atoms with Crippen molar-refractivity contribution in [1.29, 1.82) is 5.26 Å². The zero-order valence-electron chi connectivity index (χ0n) is 15.7. The number of allylic oxidation sites excluding steroid dienone is 1. The van der Waals surface area contributed by atoms with Gasteiger partial charge in [-0.15, -0.1) is 0 Å². The van der Waals surface area contributed by atoms with E-state index >= 15 is 4.39 Å². The average Bonchev–Trinajstić information content (AvgIpc) is 3.16. The van der Waals surface area contributed by atoms with Crippen molar-refractivity contribution in [1.82, 2.24) is 15.3 Å². The molecule has 3 aromatic rings. The molecule has 152 valence electrons. The summed E-state index contributed by atoms with van der Waals surface area (Å²) in [6.07, 6.45) is 1.28. The zero-order valence-corrected chi connectivity index (χ0v) is 17.2. The highest BCUT2D eigenvalue weighted by Crippen LogP contribution is 2.35. The highest BCUT2D eigenvalue weighted by Gasteiger charge is 2.18. The van der Waals surface area contributed by atoms with Crippen molar-refractivity contribution in [3.63, 3.8) is 0 Å². The van der Waals surface area contributed by atoms with Gasteiger partial charge in [-0.05, 0) is 36.8 Å². The summed E-state index contributed by atoms with van der Waals surface area (Å²) in [7, 11) is 0. The number of aromatic amines is 1. The third kappa shape index (κ3) is 4.62. The number of nitriles is 1. The van der Waals surface area contributed by atoms with Crippen LogP contribution in [-0.4, -0.2) is 15.9 Å². The standard InChI is InChI=1S/C21H15Cl2FN4O2/c1-11(2)14-5-12(8-25)6-15(7-14)30-19-16(22)4-3-13(17(19)24)9-26-21(29)18-20(23)28-10-27-18/h3-7,10H,1,9H2,2H3,(H,26,29)(H,27,28). The van der Waals surface area contributed by atoms with Crippen LogP contribution in [0.25, 0.3) is 5.57 Å². The molecule has 0 aliphatic heterocycles. The molecule has 0 atom stereocenters. The summed E-state index contributed by atoms with van der Waals surface area (Å²) in [6.45, 7) is 5.49. The molecule has 1 heterocycles. The van der Waals surface area contributed by atoms with Crippen LogP contribution in [0, 0.1) is 17.1 Å². The molecule has 0 saturated carbocycles. The second-order valence-corrected chi connectivity index (χ2v) is 7.11. The first-order valence-corrected chi connectivity index (χ1v) is 9.38. The molecule has 0 spiro atoms. The van der Waals surface area contributed by atoms with E-state index in [9.17, 15) is 10.1 Å². The van der Waals surface area contributed by atoms with E-state index in [0.29, 0.717) is 11.1 Å². The van der Waals surface area contributed by atoms with Gasteiger partial charge >= 0.3 is 0 Å². The molecule has 2 N–H and O–H groups in total. The van der Waals surface area contributed by atoms with E-state index in [-0.39, 0.29) is 39.5 Å². The fraction of sp³-hybridized carbons (Fsp3) is 0.0952. The van der Waals surface area contributed by atoms with Gasteiger partial charge < -0.3 is 15.0 Å². The van der Waals surface area contributed by atoms with Crippen LogP contribution >= 0.6 is 23.2 Å². The maximum Gasteiger partial charge on any atom is 0.271 e. The SMILES string of the molecule is C=C(C)c1cc(C#N)cc(Oc2c(Cl)ccc(CNC(=O)c3[nH]cnc3Cl)c2F)c1. The fourth-order valence-corrected chi connectivity index (χ4v) is 2.96. The van der Waals surface area contributed by atoms with E-state index in [0.717, 1.165) is 5.57 Å². The number of imidazole rings is 1. The maximum atomic E-state index is 15.0. The fourth-order valence-electron chi connectivity index (χ4n) is 2.59. The normalized spacial score (nSPS) is 10.4. The lowest BCUT2D eigenvalue weighted by molar-refractivity contribution is 0.0946. The number of aromatic nitrogens is 2. The van der Waals surface area contributed by atoms with Gasteiger partial charge in [0.2, 0.25) is 0 Å². The van der Waals surface area contributed by atoms with E-state index in [4.69, 9.17) is 27.9 Å². The van der Waals surface area contributed by atoms with Crippen LogP contribution < -0.4 is 10.1 Å². The van der Waals surface area contributed by atoms with Crippen LogP contribution in [0.15, 0.2) is 43.2 Å². The number of nitrogens with one attached hydrogen (secondary N) is 2. The van der Waals surface area contributed by atoms with Gasteiger partial charge in [0.05, 0.1) is 23.0 Å². The second-order valence-electron chi connectivity index (χ2n) is 6.34. The van der Waals surface area contributed by atoms with Crippen molar-refractivity contribution in [3.05, 3.63) is 81.6 Å². The van der Waals surface area contributed by atoms with Crippen LogP contribution in [0.2, 0.25) is 10.2 Å². The van der Waals surface area contributed by atoms with Crippen molar-refractivity contribution < 1.29 is 13.9 Å². The number of nitrogens with zero attached hydrogens (tertiary/aromatic N) is 2. The van der Waals surface area contributed by atoms with Gasteiger partial charge in [0.25, 0.3) is 5.91 Å². The maximum absolute atomic E-state index is 15.0. The Morgan fingerprint density at radius 3 is 2.77 bits per heavy atom. The number of benzene rings is 2. The molecule has 1 amide bonds. The number of H-pyrrole nitrogens is 1. The summed E-state index contributed by atoms with van der Waals surface area (Å²) < 4.78 is 20.7. The third-order valence-corrected chi connectivity index (χ3v) is 4.72. The largest absolute Gasteiger partial charge is 0.453 e. The molecule has 9 heteroatoms. The molecule has 0 radical (unpaired) electrons. The van der Waals surface area contributed by atoms with Crippen molar-refractivity contribution >= 4 is 34.7 Å². The first-order valence-electron chi connectivity index (χ1n) is 8.63. The summed E-state index contributed by atoms with van der Waals surface area (Å²) in [6, 6.07) is 9.67. The van der Waals surface area contributed by atoms with Crippen molar-refractivity contribution in [2.24, 2.45) is 0 Å². The first kappa shape index (κ1) is 21.4. The van der Waals surface area contributed by atoms with Crippen molar-refractivity contribution in [3.8, 4) is 17.6 Å². The molecule has 1 aromatic heterocycles. The molecule has 0 aliphatic carbocycles. The first-order chi connectivity index (χ1) is 14.3. The summed E-state index contributed by atoms with van der Waals surface area (Å²) in [5.41, 5.74) is 1.96. The minimum absolute atomic E-state index is 0.0128. The highest BCUT2D eigenvalue weighted by atomic mass is 35.5. The molecular formula is C21H15Cl2FN4O2. The summed E-state index contributed by atoms with van der Waals surface area (Å²) in [5.74, 6) is -1.26. The number of ether oxygens (including phenoxy) is 1. The van der Waals surface area contributed by atoms with Crippen LogP contribution in [0.3, 0.4) is 0 Å². The lowest BCUT2D eigenvalue weighted by Crippen LogP contribution is -2.24. The van der Waals surface area contributed by atoms with E-state index < -0.39 is 11.7 Å². The minimum Gasteiger partial charge on any atom is -0.453 e. The van der Waals surface area contributed by atoms with Gasteiger partial charge in [-0.1, -0.05) is 41.4 Å². The molecule has 0 aliphatic rings. The summed E-state index contributed by atoms with van der Waals surface area (Å²) in [4.78, 5) is 18.5. The Morgan fingerprint density at radius 1 is 1.37 bits per heavy atom. The predicted molar refractivity (Wildman–Crippen MR) is 112 cm³/mol. The Balaban J connectivity index is 1.86. The Bertz CT molecular complexity index is 1180. The molecular weight excluding hydrogens is 430 g/mol. The number of carbonyl (C=O) groups is 1. The molecule has 30 heavy (non-hydrogen) atoms. The Labute approximate surface area is 181 Å². The third-order valence-electron chi connectivity index (χ3n) is 4.14. The van der Waals surface area contributed by atoms with E-state index in [1.54, 1.807) is 19.1 Å².